The summed E-state index contributed by atoms with van der Waals surface area (Å²) in [7, 11) is 0. The van der Waals surface area contributed by atoms with E-state index in [9.17, 15) is 13.6 Å². The SMILES string of the molecule is CSc1nnc(SCC(=O)Nc2ccc(SC(F)F)cc2)n1N. The molecule has 0 aliphatic heterocycles. The molecule has 11 heteroatoms. The number of aromatic nitrogens is 3. The topological polar surface area (TPSA) is 85.8 Å². The molecule has 1 amide bonds. The van der Waals surface area contributed by atoms with Crippen LogP contribution in [0.1, 0.15) is 0 Å². The number of hydrogen-bond acceptors (Lipinski definition) is 7. The van der Waals surface area contributed by atoms with E-state index in [4.69, 9.17) is 5.84 Å². The highest BCUT2D eigenvalue weighted by Gasteiger charge is 2.12. The first-order valence-electron chi connectivity index (χ1n) is 6.21. The molecular formula is C12H13F2N5OS3. The minimum atomic E-state index is -2.47. The van der Waals surface area contributed by atoms with Crippen LogP contribution in [0, 0.1) is 0 Å². The molecule has 0 atom stereocenters. The number of alkyl halides is 2. The Morgan fingerprint density at radius 3 is 2.52 bits per heavy atom. The zero-order chi connectivity index (χ0) is 16.8. The van der Waals surface area contributed by atoms with Gasteiger partial charge in [0.05, 0.1) is 5.75 Å². The van der Waals surface area contributed by atoms with Gasteiger partial charge in [-0.05, 0) is 30.5 Å². The summed E-state index contributed by atoms with van der Waals surface area (Å²) in [4.78, 5) is 12.3. The van der Waals surface area contributed by atoms with Crippen molar-refractivity contribution in [3.05, 3.63) is 24.3 Å². The Morgan fingerprint density at radius 1 is 1.30 bits per heavy atom. The summed E-state index contributed by atoms with van der Waals surface area (Å²) >= 11 is 2.97. The largest absolute Gasteiger partial charge is 0.335 e. The lowest BCUT2D eigenvalue weighted by Gasteiger charge is -2.06. The van der Waals surface area contributed by atoms with Crippen LogP contribution >= 0.6 is 35.3 Å². The molecule has 124 valence electrons. The molecule has 0 unspecified atom stereocenters. The minimum Gasteiger partial charge on any atom is -0.335 e. The molecule has 0 bridgehead atoms. The number of nitrogens with two attached hydrogens (primary N) is 1. The summed E-state index contributed by atoms with van der Waals surface area (Å²) in [6.07, 6.45) is 1.82. The number of thioether (sulfide) groups is 3. The smallest absolute Gasteiger partial charge is 0.288 e. The van der Waals surface area contributed by atoms with E-state index in [0.29, 0.717) is 32.7 Å². The van der Waals surface area contributed by atoms with Crippen LogP contribution in [0.3, 0.4) is 0 Å². The number of hydrogen-bond donors (Lipinski definition) is 2. The maximum absolute atomic E-state index is 12.2. The fourth-order valence-electron chi connectivity index (χ4n) is 1.55. The van der Waals surface area contributed by atoms with Gasteiger partial charge in [0.25, 0.3) is 5.76 Å². The monoisotopic (exact) mass is 377 g/mol. The van der Waals surface area contributed by atoms with Gasteiger partial charge in [-0.1, -0.05) is 35.3 Å². The van der Waals surface area contributed by atoms with Crippen LogP contribution in [0.2, 0.25) is 0 Å². The number of anilines is 1. The molecule has 0 aliphatic rings. The fraction of sp³-hybridized carbons (Fsp3) is 0.250. The minimum absolute atomic E-state index is 0.108. The van der Waals surface area contributed by atoms with E-state index in [1.54, 1.807) is 12.1 Å². The highest BCUT2D eigenvalue weighted by molar-refractivity contribution is 8.00. The number of amides is 1. The predicted molar refractivity (Wildman–Crippen MR) is 89.6 cm³/mol. The van der Waals surface area contributed by atoms with Crippen molar-refractivity contribution in [2.45, 2.75) is 21.0 Å². The average molecular weight is 377 g/mol. The van der Waals surface area contributed by atoms with Gasteiger partial charge in [-0.3, -0.25) is 4.79 Å². The van der Waals surface area contributed by atoms with Gasteiger partial charge in [0.1, 0.15) is 0 Å². The van der Waals surface area contributed by atoms with E-state index in [1.807, 2.05) is 6.26 Å². The number of nitrogens with zero attached hydrogens (tertiary/aromatic N) is 3. The Labute approximate surface area is 143 Å². The normalized spacial score (nSPS) is 11.0. The van der Waals surface area contributed by atoms with Crippen molar-refractivity contribution in [1.82, 2.24) is 14.9 Å². The maximum Gasteiger partial charge on any atom is 0.288 e. The number of carbonyl (C=O) groups is 1. The van der Waals surface area contributed by atoms with E-state index in [0.717, 1.165) is 11.8 Å². The third-order valence-corrected chi connectivity index (χ3v) is 4.82. The molecule has 3 N–H and O–H groups in total. The lowest BCUT2D eigenvalue weighted by Crippen LogP contribution is -2.16. The molecular weight excluding hydrogens is 364 g/mol. The molecule has 2 aromatic rings. The molecule has 1 heterocycles. The van der Waals surface area contributed by atoms with Crippen LogP contribution in [0.15, 0.2) is 39.5 Å². The van der Waals surface area contributed by atoms with Crippen LogP contribution in [-0.4, -0.2) is 38.5 Å². The number of nitrogen functional groups attached to an aromatic ring is 1. The van der Waals surface area contributed by atoms with Gasteiger partial charge in [-0.25, -0.2) is 4.68 Å². The molecule has 0 radical (unpaired) electrons. The van der Waals surface area contributed by atoms with Crippen molar-refractivity contribution in [2.24, 2.45) is 0 Å². The Kier molecular flexibility index (Phi) is 6.54. The number of rotatable bonds is 7. The van der Waals surface area contributed by atoms with Crippen molar-refractivity contribution >= 4 is 46.9 Å². The number of carbonyl (C=O) groups excluding carboxylic acids is 1. The Hall–Kier alpha value is -1.46. The molecule has 1 aromatic carbocycles. The van der Waals surface area contributed by atoms with Gasteiger partial charge >= 0.3 is 0 Å². The summed E-state index contributed by atoms with van der Waals surface area (Å²) in [5.74, 6) is 3.15. The number of halogens is 2. The lowest BCUT2D eigenvalue weighted by molar-refractivity contribution is -0.113. The van der Waals surface area contributed by atoms with Gasteiger partial charge in [-0.15, -0.1) is 10.2 Å². The Balaban J connectivity index is 1.85. The molecule has 0 spiro atoms. The van der Waals surface area contributed by atoms with Crippen LogP contribution in [0.4, 0.5) is 14.5 Å². The quantitative estimate of drug-likeness (QED) is 0.567. The van der Waals surface area contributed by atoms with Gasteiger partial charge in [0.2, 0.25) is 16.2 Å². The van der Waals surface area contributed by atoms with Gasteiger partial charge in [0.15, 0.2) is 0 Å². The first-order valence-corrected chi connectivity index (χ1v) is 9.30. The van der Waals surface area contributed by atoms with Crippen molar-refractivity contribution < 1.29 is 13.6 Å². The van der Waals surface area contributed by atoms with Gasteiger partial charge < -0.3 is 11.2 Å². The summed E-state index contributed by atoms with van der Waals surface area (Å²) in [5.41, 5.74) is 0.535. The first kappa shape index (κ1) is 17.9. The van der Waals surface area contributed by atoms with E-state index < -0.39 is 5.76 Å². The standard InChI is InChI=1S/C12H13F2N5OS3/c1-21-11-17-18-12(19(11)15)22-6-9(20)16-7-2-4-8(5-3-7)23-10(13)14/h2-5,10H,6,15H2,1H3,(H,16,20). The molecule has 0 fully saturated rings. The molecule has 0 aliphatic carbocycles. The molecule has 1 aromatic heterocycles. The molecule has 0 saturated carbocycles. The summed E-state index contributed by atoms with van der Waals surface area (Å²) in [5, 5.41) is 11.4. The Bertz CT molecular complexity index is 665. The van der Waals surface area contributed by atoms with Crippen molar-refractivity contribution in [3.63, 3.8) is 0 Å². The third kappa shape index (κ3) is 5.29. The first-order chi connectivity index (χ1) is 11.0. The highest BCUT2D eigenvalue weighted by Crippen LogP contribution is 2.26. The van der Waals surface area contributed by atoms with Crippen LogP contribution < -0.4 is 11.2 Å². The van der Waals surface area contributed by atoms with E-state index in [1.165, 1.54) is 28.6 Å². The number of nitrogens with one attached hydrogen (secondary N) is 1. The predicted octanol–water partition coefficient (Wildman–Crippen LogP) is 2.76. The lowest BCUT2D eigenvalue weighted by atomic mass is 10.3. The summed E-state index contributed by atoms with van der Waals surface area (Å²) in [6, 6.07) is 6.21. The second-order valence-electron chi connectivity index (χ2n) is 4.08. The van der Waals surface area contributed by atoms with Crippen LogP contribution in [-0.2, 0) is 4.79 Å². The van der Waals surface area contributed by atoms with Crippen LogP contribution in [0.5, 0.6) is 0 Å². The van der Waals surface area contributed by atoms with Crippen LogP contribution in [0.25, 0.3) is 0 Å². The summed E-state index contributed by atoms with van der Waals surface area (Å²) in [6.45, 7) is 0. The number of benzene rings is 1. The van der Waals surface area contributed by atoms with Crippen molar-refractivity contribution in [1.29, 1.82) is 0 Å². The maximum atomic E-state index is 12.2. The molecule has 0 saturated heterocycles. The van der Waals surface area contributed by atoms with E-state index >= 15 is 0 Å². The molecule has 2 rings (SSSR count). The third-order valence-electron chi connectivity index (χ3n) is 2.51. The second-order valence-corrected chi connectivity index (χ2v) is 6.86. The van der Waals surface area contributed by atoms with Crippen molar-refractivity contribution in [3.8, 4) is 0 Å². The van der Waals surface area contributed by atoms with E-state index in [-0.39, 0.29) is 11.7 Å². The van der Waals surface area contributed by atoms with E-state index in [2.05, 4.69) is 15.5 Å². The van der Waals surface area contributed by atoms with Gasteiger partial charge in [-0.2, -0.15) is 8.78 Å². The highest BCUT2D eigenvalue weighted by atomic mass is 32.2. The summed E-state index contributed by atoms with van der Waals surface area (Å²) < 4.78 is 25.8. The zero-order valence-corrected chi connectivity index (χ0v) is 14.4. The molecule has 6 nitrogen and oxygen atoms in total. The van der Waals surface area contributed by atoms with Crippen molar-refractivity contribution in [2.75, 3.05) is 23.2 Å². The zero-order valence-electron chi connectivity index (χ0n) is 11.9. The van der Waals surface area contributed by atoms with Gasteiger partial charge in [0, 0.05) is 10.6 Å². The second kappa shape index (κ2) is 8.41. The Morgan fingerprint density at radius 2 is 1.96 bits per heavy atom. The molecule has 23 heavy (non-hydrogen) atoms. The fourth-order valence-corrected chi connectivity index (χ4v) is 3.17. The average Bonchev–Trinajstić information content (AvgIpc) is 2.87.